The van der Waals surface area contributed by atoms with Crippen molar-refractivity contribution in [2.75, 3.05) is 19.5 Å². The molecule has 1 unspecified atom stereocenters. The van der Waals surface area contributed by atoms with Gasteiger partial charge >= 0.3 is 0 Å². The average Bonchev–Trinajstić information content (AvgIpc) is 2.53. The second-order valence-corrected chi connectivity index (χ2v) is 4.33. The molecule has 0 radical (unpaired) electrons. The molecule has 0 fully saturated rings. The summed E-state index contributed by atoms with van der Waals surface area (Å²) in [5.41, 5.74) is 7.42. The Hall–Kier alpha value is -0.170. The second kappa shape index (κ2) is 5.47. The first-order chi connectivity index (χ1) is 5.83. The number of methoxy groups -OCH3 is 1. The molecule has 0 amide bonds. The number of rotatable bonds is 5. The van der Waals surface area contributed by atoms with Crippen LogP contribution in [0.4, 0.5) is 0 Å². The summed E-state index contributed by atoms with van der Waals surface area (Å²) in [5, 5.41) is 7.61. The summed E-state index contributed by atoms with van der Waals surface area (Å²) in [6.07, 6.45) is 0. The van der Waals surface area contributed by atoms with E-state index in [4.69, 9.17) is 10.5 Å². The highest BCUT2D eigenvalue weighted by Crippen LogP contribution is 2.18. The summed E-state index contributed by atoms with van der Waals surface area (Å²) in [6.45, 7) is 0.589. The Morgan fingerprint density at radius 2 is 2.67 bits per heavy atom. The number of nitrogens with zero attached hydrogens (tertiary/aromatic N) is 2. The third-order valence-corrected chi connectivity index (χ3v) is 3.19. The number of hydrogen-bond donors (Lipinski definition) is 1. The largest absolute Gasteiger partial charge is 0.383 e. The summed E-state index contributed by atoms with van der Waals surface area (Å²) in [4.78, 5) is 0. The van der Waals surface area contributed by atoms with E-state index in [2.05, 4.69) is 10.2 Å². The zero-order valence-corrected chi connectivity index (χ0v) is 8.40. The van der Waals surface area contributed by atoms with Gasteiger partial charge in [0.1, 0.15) is 5.51 Å². The Bertz CT molecular complexity index is 205. The molecular formula is C6H11N3OS2. The molecule has 4 nitrogen and oxygen atoms in total. The fourth-order valence-electron chi connectivity index (χ4n) is 0.666. The molecule has 1 aromatic rings. The number of ether oxygens (including phenoxy) is 1. The number of aromatic nitrogens is 2. The van der Waals surface area contributed by atoms with Crippen LogP contribution in [-0.4, -0.2) is 35.7 Å². The molecule has 1 rings (SSSR count). The highest BCUT2D eigenvalue weighted by Gasteiger charge is 2.04. The maximum absolute atomic E-state index is 5.71. The van der Waals surface area contributed by atoms with E-state index in [0.29, 0.717) is 6.61 Å². The Kier molecular flexibility index (Phi) is 4.52. The molecular weight excluding hydrogens is 194 g/mol. The van der Waals surface area contributed by atoms with Crippen LogP contribution in [0.15, 0.2) is 9.85 Å². The van der Waals surface area contributed by atoms with Gasteiger partial charge in [0.2, 0.25) is 0 Å². The molecule has 0 saturated heterocycles. The third-order valence-electron chi connectivity index (χ3n) is 1.14. The highest BCUT2D eigenvalue weighted by molar-refractivity contribution is 8.01. The zero-order chi connectivity index (χ0) is 8.81. The Morgan fingerprint density at radius 1 is 1.83 bits per heavy atom. The van der Waals surface area contributed by atoms with Crippen LogP contribution in [0.5, 0.6) is 0 Å². The lowest BCUT2D eigenvalue weighted by Gasteiger charge is -2.07. The van der Waals surface area contributed by atoms with Gasteiger partial charge in [-0.3, -0.25) is 0 Å². The van der Waals surface area contributed by atoms with Crippen LogP contribution in [0.2, 0.25) is 0 Å². The van der Waals surface area contributed by atoms with E-state index in [-0.39, 0.29) is 6.04 Å². The van der Waals surface area contributed by atoms with E-state index < -0.39 is 0 Å². The Morgan fingerprint density at radius 3 is 3.25 bits per heavy atom. The van der Waals surface area contributed by atoms with Crippen LogP contribution in [-0.2, 0) is 4.74 Å². The quantitative estimate of drug-likeness (QED) is 0.713. The third kappa shape index (κ3) is 3.48. The normalized spacial score (nSPS) is 13.2. The van der Waals surface area contributed by atoms with E-state index in [1.165, 1.54) is 11.3 Å². The maximum Gasteiger partial charge on any atom is 0.174 e. The molecule has 1 atom stereocenters. The van der Waals surface area contributed by atoms with Crippen molar-refractivity contribution >= 4 is 23.1 Å². The van der Waals surface area contributed by atoms with Crippen molar-refractivity contribution < 1.29 is 4.74 Å². The number of nitrogens with two attached hydrogens (primary N) is 1. The lowest BCUT2D eigenvalue weighted by Crippen LogP contribution is -2.27. The van der Waals surface area contributed by atoms with Crippen molar-refractivity contribution in [2.24, 2.45) is 5.73 Å². The first-order valence-corrected chi connectivity index (χ1v) is 5.33. The van der Waals surface area contributed by atoms with E-state index in [9.17, 15) is 0 Å². The topological polar surface area (TPSA) is 61.0 Å². The first kappa shape index (κ1) is 9.91. The van der Waals surface area contributed by atoms with Gasteiger partial charge in [-0.1, -0.05) is 23.1 Å². The second-order valence-electron chi connectivity index (χ2n) is 2.23. The predicted octanol–water partition coefficient (Wildman–Crippen LogP) is 0.604. The molecule has 1 aromatic heterocycles. The van der Waals surface area contributed by atoms with Gasteiger partial charge in [0.25, 0.3) is 0 Å². The SMILES string of the molecule is COCC(N)CSc1nncs1. The molecule has 0 aliphatic carbocycles. The molecule has 2 N–H and O–H groups in total. The molecule has 0 aliphatic rings. The van der Waals surface area contributed by atoms with E-state index in [0.717, 1.165) is 10.1 Å². The minimum Gasteiger partial charge on any atom is -0.383 e. The molecule has 6 heteroatoms. The van der Waals surface area contributed by atoms with Crippen LogP contribution >= 0.6 is 23.1 Å². The first-order valence-electron chi connectivity index (χ1n) is 3.46. The van der Waals surface area contributed by atoms with Gasteiger partial charge in [-0.05, 0) is 0 Å². The molecule has 0 spiro atoms. The van der Waals surface area contributed by atoms with Crippen molar-refractivity contribution in [1.29, 1.82) is 0 Å². The van der Waals surface area contributed by atoms with Crippen LogP contribution in [0, 0.1) is 0 Å². The van der Waals surface area contributed by atoms with Crippen LogP contribution in [0.1, 0.15) is 0 Å². The fourth-order valence-corrected chi connectivity index (χ4v) is 2.11. The van der Waals surface area contributed by atoms with Crippen LogP contribution in [0.25, 0.3) is 0 Å². The summed E-state index contributed by atoms with van der Waals surface area (Å²) >= 11 is 3.14. The highest BCUT2D eigenvalue weighted by atomic mass is 32.2. The summed E-state index contributed by atoms with van der Waals surface area (Å²) in [5.74, 6) is 0.822. The van der Waals surface area contributed by atoms with Gasteiger partial charge < -0.3 is 10.5 Å². The van der Waals surface area contributed by atoms with E-state index >= 15 is 0 Å². The molecule has 1 heterocycles. The fraction of sp³-hybridized carbons (Fsp3) is 0.667. The van der Waals surface area contributed by atoms with E-state index in [1.807, 2.05) is 0 Å². The lowest BCUT2D eigenvalue weighted by atomic mass is 10.4. The van der Waals surface area contributed by atoms with Crippen molar-refractivity contribution in [3.8, 4) is 0 Å². The lowest BCUT2D eigenvalue weighted by molar-refractivity contribution is 0.186. The average molecular weight is 205 g/mol. The molecule has 0 aromatic carbocycles. The molecule has 12 heavy (non-hydrogen) atoms. The maximum atomic E-state index is 5.71. The summed E-state index contributed by atoms with van der Waals surface area (Å²) < 4.78 is 5.86. The summed E-state index contributed by atoms with van der Waals surface area (Å²) in [6, 6.07) is 0.0731. The minimum absolute atomic E-state index is 0.0731. The van der Waals surface area contributed by atoms with Crippen molar-refractivity contribution in [2.45, 2.75) is 10.4 Å². The summed E-state index contributed by atoms with van der Waals surface area (Å²) in [7, 11) is 1.65. The van der Waals surface area contributed by atoms with Gasteiger partial charge in [-0.15, -0.1) is 10.2 Å². The smallest absolute Gasteiger partial charge is 0.174 e. The van der Waals surface area contributed by atoms with Crippen LogP contribution < -0.4 is 5.73 Å². The predicted molar refractivity (Wildman–Crippen MR) is 50.5 cm³/mol. The zero-order valence-electron chi connectivity index (χ0n) is 6.77. The minimum atomic E-state index is 0.0731. The van der Waals surface area contributed by atoms with Crippen molar-refractivity contribution in [3.63, 3.8) is 0 Å². The molecule has 0 saturated carbocycles. The number of hydrogen-bond acceptors (Lipinski definition) is 6. The standard InChI is InChI=1S/C6H11N3OS2/c1-10-2-5(7)3-11-6-9-8-4-12-6/h4-5H,2-3,7H2,1H3. The van der Waals surface area contributed by atoms with Crippen molar-refractivity contribution in [3.05, 3.63) is 5.51 Å². The van der Waals surface area contributed by atoms with Gasteiger partial charge in [-0.2, -0.15) is 0 Å². The van der Waals surface area contributed by atoms with E-state index in [1.54, 1.807) is 24.4 Å². The number of thioether (sulfide) groups is 1. The molecule has 0 bridgehead atoms. The van der Waals surface area contributed by atoms with Gasteiger partial charge in [0.05, 0.1) is 6.61 Å². The van der Waals surface area contributed by atoms with Gasteiger partial charge in [0, 0.05) is 18.9 Å². The van der Waals surface area contributed by atoms with Gasteiger partial charge in [0.15, 0.2) is 4.34 Å². The Balaban J connectivity index is 2.17. The monoisotopic (exact) mass is 205 g/mol. The van der Waals surface area contributed by atoms with Crippen LogP contribution in [0.3, 0.4) is 0 Å². The molecule has 68 valence electrons. The Labute approximate surface area is 79.5 Å². The van der Waals surface area contributed by atoms with Crippen molar-refractivity contribution in [1.82, 2.24) is 10.2 Å². The molecule has 0 aliphatic heterocycles. The van der Waals surface area contributed by atoms with Gasteiger partial charge in [-0.25, -0.2) is 0 Å².